The minimum absolute atomic E-state index is 0.0143. The lowest BCUT2D eigenvalue weighted by Gasteiger charge is -2.47. The van der Waals surface area contributed by atoms with Crippen molar-refractivity contribution in [1.82, 2.24) is 0 Å². The highest BCUT2D eigenvalue weighted by atomic mass is 16.8. The molecule has 1 spiro atoms. The highest BCUT2D eigenvalue weighted by Gasteiger charge is 2.73. The third kappa shape index (κ3) is 6.40. The molecule has 10 rings (SSSR count). The zero-order valence-corrected chi connectivity index (χ0v) is 31.2. The van der Waals surface area contributed by atoms with E-state index in [9.17, 15) is 15.0 Å². The van der Waals surface area contributed by atoms with Gasteiger partial charge in [-0.3, -0.25) is 4.79 Å². The lowest BCUT2D eigenvalue weighted by Crippen LogP contribution is -2.61. The Kier molecular flexibility index (Phi) is 9.62. The third-order valence-electron chi connectivity index (χ3n) is 14.5. The van der Waals surface area contributed by atoms with Gasteiger partial charge in [-0.2, -0.15) is 0 Å². The maximum absolute atomic E-state index is 14.0. The Balaban J connectivity index is 0.994. The van der Waals surface area contributed by atoms with Crippen molar-refractivity contribution in [3.05, 3.63) is 24.3 Å². The number of carbonyl (C=O) groups excluding carboxylic acids is 1. The average molecular weight is 729 g/mol. The van der Waals surface area contributed by atoms with Gasteiger partial charge in [0.05, 0.1) is 61.5 Å². The molecule has 0 saturated carbocycles. The van der Waals surface area contributed by atoms with Gasteiger partial charge in [-0.15, -0.1) is 0 Å². The second kappa shape index (κ2) is 13.7. The molecule has 2 N–H and O–H groups in total. The molecule has 5 unspecified atom stereocenters. The lowest BCUT2D eigenvalue weighted by molar-refractivity contribution is -0.294. The number of Topliss-reactive ketones (excluding diaryl/α,β-unsaturated/α-hetero) is 1. The predicted molar refractivity (Wildman–Crippen MR) is 187 cm³/mol. The number of rotatable bonds is 3. The Hall–Kier alpha value is -1.25. The summed E-state index contributed by atoms with van der Waals surface area (Å²) in [5, 5.41) is 20.0. The molecule has 0 radical (unpaired) electrons. The second-order valence-corrected chi connectivity index (χ2v) is 18.2. The molecular formula is C41H60O11. The maximum Gasteiger partial charge on any atom is 0.172 e. The fourth-order valence-corrected chi connectivity index (χ4v) is 11.7. The van der Waals surface area contributed by atoms with E-state index in [-0.39, 0.29) is 104 Å². The van der Waals surface area contributed by atoms with E-state index in [2.05, 4.69) is 33.9 Å². The van der Waals surface area contributed by atoms with Crippen LogP contribution in [-0.4, -0.2) is 119 Å². The minimum Gasteiger partial charge on any atom is -0.394 e. The number of hydrogen-bond acceptors (Lipinski definition) is 11. The van der Waals surface area contributed by atoms with Crippen LogP contribution < -0.4 is 0 Å². The minimum atomic E-state index is -0.875. The average Bonchev–Trinajstić information content (AvgIpc) is 3.73. The molecule has 52 heavy (non-hydrogen) atoms. The molecule has 12 bridgehead atoms. The van der Waals surface area contributed by atoms with Gasteiger partial charge in [0.15, 0.2) is 5.79 Å². The van der Waals surface area contributed by atoms with Crippen LogP contribution in [-0.2, 0) is 42.7 Å². The molecule has 290 valence electrons. The molecule has 0 aromatic carbocycles. The van der Waals surface area contributed by atoms with Crippen LogP contribution in [0.15, 0.2) is 24.3 Å². The van der Waals surface area contributed by atoms with Crippen LogP contribution in [0.1, 0.15) is 104 Å². The van der Waals surface area contributed by atoms with Crippen LogP contribution in [0.25, 0.3) is 0 Å². The van der Waals surface area contributed by atoms with E-state index in [0.29, 0.717) is 44.4 Å². The third-order valence-corrected chi connectivity index (χ3v) is 14.5. The summed E-state index contributed by atoms with van der Waals surface area (Å²) in [6.45, 7) is 15.1. The highest BCUT2D eigenvalue weighted by Crippen LogP contribution is 2.58. The first kappa shape index (κ1) is 36.4. The van der Waals surface area contributed by atoms with Crippen LogP contribution in [0.2, 0.25) is 0 Å². The smallest absolute Gasteiger partial charge is 0.172 e. The van der Waals surface area contributed by atoms with E-state index in [1.54, 1.807) is 0 Å². The van der Waals surface area contributed by atoms with Crippen molar-refractivity contribution < 1.29 is 52.9 Å². The summed E-state index contributed by atoms with van der Waals surface area (Å²) in [6.07, 6.45) is 5.40. The van der Waals surface area contributed by atoms with Crippen LogP contribution in [0, 0.1) is 17.8 Å². The van der Waals surface area contributed by atoms with Gasteiger partial charge in [-0.05, 0) is 80.8 Å². The summed E-state index contributed by atoms with van der Waals surface area (Å²) in [7, 11) is 0. The Bertz CT molecular complexity index is 1400. The summed E-state index contributed by atoms with van der Waals surface area (Å²) in [5.41, 5.74) is 1.72. The van der Waals surface area contributed by atoms with Gasteiger partial charge < -0.3 is 48.1 Å². The van der Waals surface area contributed by atoms with Crippen molar-refractivity contribution in [3.8, 4) is 0 Å². The highest BCUT2D eigenvalue weighted by molar-refractivity contribution is 5.79. The van der Waals surface area contributed by atoms with Crippen molar-refractivity contribution in [2.24, 2.45) is 17.8 Å². The van der Waals surface area contributed by atoms with E-state index in [4.69, 9.17) is 37.9 Å². The standard InChI is InChI=1S/C41H60O11/c1-20-12-26-6-8-30-21(2)13-28(45-30)10-11-41-19-40(5)39(52-41)38-37(50-40)36(51-41)35-31(49-38)9-7-27(47-35)14-24(43)15-29-23(4)32(16-25(44)18-42)48-34(29)17-33(46-26)22(20)3/h20,23,25-39,42,44H,2-3,6-19H2,1,4-5H3/t20-,23-,25+,26?,27?,28?,29-,30+,31+,32-,33-,34?,35+,36+,37+,38-,39?,40-,41-/m1/s1. The number of ether oxygens (including phenoxy) is 8. The lowest BCUT2D eigenvalue weighted by atomic mass is 9.78. The van der Waals surface area contributed by atoms with Gasteiger partial charge in [-0.1, -0.05) is 27.0 Å². The normalized spacial score (nSPS) is 53.8. The van der Waals surface area contributed by atoms with Crippen LogP contribution in [0.3, 0.4) is 0 Å². The van der Waals surface area contributed by atoms with Crippen molar-refractivity contribution >= 4 is 5.78 Å². The van der Waals surface area contributed by atoms with E-state index in [0.717, 1.165) is 56.1 Å². The maximum atomic E-state index is 14.0. The predicted octanol–water partition coefficient (Wildman–Crippen LogP) is 4.48. The molecule has 10 fully saturated rings. The molecule has 11 nitrogen and oxygen atoms in total. The molecule has 0 aliphatic carbocycles. The monoisotopic (exact) mass is 728 g/mol. The quantitative estimate of drug-likeness (QED) is 0.399. The number of carbonyl (C=O) groups is 1. The Labute approximate surface area is 308 Å². The van der Waals surface area contributed by atoms with Gasteiger partial charge >= 0.3 is 0 Å². The van der Waals surface area contributed by atoms with E-state index in [1.807, 2.05) is 0 Å². The molecule has 10 aliphatic heterocycles. The number of ketones is 1. The molecule has 0 amide bonds. The van der Waals surface area contributed by atoms with E-state index >= 15 is 0 Å². The number of aliphatic hydroxyl groups is 2. The Morgan fingerprint density at radius 2 is 1.56 bits per heavy atom. The molecule has 0 aromatic rings. The molecule has 0 aromatic heterocycles. The summed E-state index contributed by atoms with van der Waals surface area (Å²) < 4.78 is 54.4. The Morgan fingerprint density at radius 1 is 0.788 bits per heavy atom. The van der Waals surface area contributed by atoms with E-state index in [1.165, 1.54) is 0 Å². The SMILES string of the molecule is C=C1CC2CC[C@@]34C[C@@]5(C)O[C@H]6[C@@H](O3)[C@H]3OC(CC[C@@H]3O[C@H]6C5O4)CC(=O)C[C@H]3C(C[C@H]4OC(CC[C@@H]1O2)C[C@@H](C)C4=C)O[C@H](C[C@H](O)CO)[C@@H]3C. The van der Waals surface area contributed by atoms with Crippen molar-refractivity contribution in [2.75, 3.05) is 6.61 Å². The summed E-state index contributed by atoms with van der Waals surface area (Å²) >= 11 is 0. The first-order valence-electron chi connectivity index (χ1n) is 20.4. The molecule has 10 aliphatic rings. The van der Waals surface area contributed by atoms with Crippen molar-refractivity contribution in [3.63, 3.8) is 0 Å². The summed E-state index contributed by atoms with van der Waals surface area (Å²) in [5.74, 6) is -0.418. The number of hydrogen-bond donors (Lipinski definition) is 2. The van der Waals surface area contributed by atoms with Crippen LogP contribution in [0.5, 0.6) is 0 Å². The van der Waals surface area contributed by atoms with Crippen molar-refractivity contribution in [1.29, 1.82) is 0 Å². The number of fused-ring (bicyclic) bond motifs is 6. The summed E-state index contributed by atoms with van der Waals surface area (Å²) in [4.78, 5) is 14.0. The zero-order valence-electron chi connectivity index (χ0n) is 31.2. The van der Waals surface area contributed by atoms with E-state index < -0.39 is 17.5 Å². The second-order valence-electron chi connectivity index (χ2n) is 18.2. The molecule has 11 heteroatoms. The fourth-order valence-electron chi connectivity index (χ4n) is 11.7. The van der Waals surface area contributed by atoms with Crippen LogP contribution >= 0.6 is 0 Å². The Morgan fingerprint density at radius 3 is 2.38 bits per heavy atom. The largest absolute Gasteiger partial charge is 0.394 e. The zero-order chi connectivity index (χ0) is 36.1. The van der Waals surface area contributed by atoms with Gasteiger partial charge in [0, 0.05) is 38.5 Å². The van der Waals surface area contributed by atoms with Gasteiger partial charge in [0.25, 0.3) is 0 Å². The van der Waals surface area contributed by atoms with Crippen molar-refractivity contribution in [2.45, 2.75) is 201 Å². The molecule has 19 atom stereocenters. The van der Waals surface area contributed by atoms with Crippen LogP contribution in [0.4, 0.5) is 0 Å². The summed E-state index contributed by atoms with van der Waals surface area (Å²) in [6, 6.07) is 0. The van der Waals surface area contributed by atoms with Gasteiger partial charge in [0.1, 0.15) is 41.9 Å². The first-order valence-corrected chi connectivity index (χ1v) is 20.4. The van der Waals surface area contributed by atoms with Gasteiger partial charge in [-0.25, -0.2) is 0 Å². The molecule has 10 saturated heterocycles. The number of aliphatic hydroxyl groups excluding tert-OH is 2. The fraction of sp³-hybridized carbons (Fsp3) is 0.878. The topological polar surface area (TPSA) is 131 Å². The first-order chi connectivity index (χ1) is 24.9. The molecule has 10 heterocycles. The molecular weight excluding hydrogens is 668 g/mol. The van der Waals surface area contributed by atoms with Gasteiger partial charge in [0.2, 0.25) is 0 Å².